The molecule has 148 valence electrons. The van der Waals surface area contributed by atoms with Crippen molar-refractivity contribution in [2.45, 2.75) is 44.3 Å². The second kappa shape index (κ2) is 7.77. The lowest BCUT2D eigenvalue weighted by atomic mass is 9.91. The molecule has 4 unspecified atom stereocenters. The van der Waals surface area contributed by atoms with Crippen LogP contribution in [0.2, 0.25) is 5.15 Å². The average Bonchev–Trinajstić information content (AvgIpc) is 3.12. The lowest BCUT2D eigenvalue weighted by molar-refractivity contribution is -0.107. The highest BCUT2D eigenvalue weighted by Crippen LogP contribution is 2.33. The molecule has 3 aromatic rings. The number of aryl methyl sites for hydroxylation is 1. The van der Waals surface area contributed by atoms with Crippen LogP contribution in [-0.4, -0.2) is 48.7 Å². The van der Waals surface area contributed by atoms with Crippen LogP contribution in [0.3, 0.4) is 0 Å². The molecule has 28 heavy (non-hydrogen) atoms. The normalized spacial score (nSPS) is 20.0. The molecule has 0 fully saturated rings. The number of hydrogen-bond acceptors (Lipinski definition) is 6. The highest BCUT2D eigenvalue weighted by molar-refractivity contribution is 6.33. The Bertz CT molecular complexity index is 993. The second-order valence-corrected chi connectivity index (χ2v) is 7.50. The standard InChI is InChI=1S/C20H22ClN3O4/c1-11-2-3-13-12(8-11)5-7-28-16(13)9-15(25)17(26)20(27)24-6-4-14-18(21)22-10-23-19(14)24/h2-4,6,8,10,15-17,20,25-27H,5,7,9H2,1H3. The summed E-state index contributed by atoms with van der Waals surface area (Å²) in [5.74, 6) is 0. The smallest absolute Gasteiger partial charge is 0.160 e. The maximum Gasteiger partial charge on any atom is 0.160 e. The molecule has 0 saturated carbocycles. The molecule has 1 aromatic carbocycles. The Balaban J connectivity index is 1.52. The first-order chi connectivity index (χ1) is 13.5. The lowest BCUT2D eigenvalue weighted by Crippen LogP contribution is -2.37. The minimum absolute atomic E-state index is 0.170. The third kappa shape index (κ3) is 3.52. The number of fused-ring (bicyclic) bond motifs is 2. The van der Waals surface area contributed by atoms with E-state index in [2.05, 4.69) is 16.0 Å². The van der Waals surface area contributed by atoms with Crippen LogP contribution in [0.1, 0.15) is 35.4 Å². The zero-order chi connectivity index (χ0) is 19.8. The van der Waals surface area contributed by atoms with Crippen LogP contribution in [0.25, 0.3) is 11.0 Å². The fourth-order valence-corrected chi connectivity index (χ4v) is 3.93. The number of aliphatic hydroxyl groups is 3. The maximum atomic E-state index is 10.6. The number of hydrogen-bond donors (Lipinski definition) is 3. The van der Waals surface area contributed by atoms with Crippen molar-refractivity contribution in [3.8, 4) is 0 Å². The number of ether oxygens (including phenoxy) is 1. The molecule has 1 aliphatic heterocycles. The van der Waals surface area contributed by atoms with Gasteiger partial charge in [-0.25, -0.2) is 9.97 Å². The molecule has 0 radical (unpaired) electrons. The van der Waals surface area contributed by atoms with Gasteiger partial charge in [0.1, 0.15) is 23.2 Å². The molecule has 2 aromatic heterocycles. The molecule has 0 bridgehead atoms. The Hall–Kier alpha value is -2.03. The third-order valence-electron chi connectivity index (χ3n) is 5.24. The summed E-state index contributed by atoms with van der Waals surface area (Å²) in [5.41, 5.74) is 3.77. The largest absolute Gasteiger partial charge is 0.390 e. The van der Waals surface area contributed by atoms with Crippen molar-refractivity contribution in [3.05, 3.63) is 58.6 Å². The summed E-state index contributed by atoms with van der Waals surface area (Å²) in [6, 6.07) is 7.79. The van der Waals surface area contributed by atoms with Crippen LogP contribution >= 0.6 is 11.6 Å². The van der Waals surface area contributed by atoms with Gasteiger partial charge in [0, 0.05) is 12.6 Å². The zero-order valence-corrected chi connectivity index (χ0v) is 16.1. The molecule has 7 nitrogen and oxygen atoms in total. The summed E-state index contributed by atoms with van der Waals surface area (Å²) in [6.07, 6.45) is -0.509. The lowest BCUT2D eigenvalue weighted by Gasteiger charge is -2.31. The molecule has 4 rings (SSSR count). The zero-order valence-electron chi connectivity index (χ0n) is 15.4. The van der Waals surface area contributed by atoms with E-state index in [-0.39, 0.29) is 17.7 Å². The van der Waals surface area contributed by atoms with Crippen LogP contribution in [0.5, 0.6) is 0 Å². The van der Waals surface area contributed by atoms with Gasteiger partial charge in [-0.15, -0.1) is 0 Å². The molecule has 4 atom stereocenters. The molecule has 3 N–H and O–H groups in total. The molecule has 3 heterocycles. The number of aromatic nitrogens is 3. The highest BCUT2D eigenvalue weighted by atomic mass is 35.5. The summed E-state index contributed by atoms with van der Waals surface area (Å²) in [4.78, 5) is 8.00. The van der Waals surface area contributed by atoms with Crippen LogP contribution in [0.15, 0.2) is 36.8 Å². The van der Waals surface area contributed by atoms with Gasteiger partial charge in [0.25, 0.3) is 0 Å². The Morgan fingerprint density at radius 2 is 2.07 bits per heavy atom. The number of rotatable bonds is 5. The molecule has 0 aliphatic carbocycles. The molecule has 0 amide bonds. The van der Waals surface area contributed by atoms with Crippen LogP contribution in [0, 0.1) is 6.92 Å². The number of benzene rings is 1. The minimum atomic E-state index is -1.43. The van der Waals surface area contributed by atoms with E-state index in [9.17, 15) is 15.3 Å². The number of halogens is 1. The van der Waals surface area contributed by atoms with Gasteiger partial charge in [-0.3, -0.25) is 0 Å². The van der Waals surface area contributed by atoms with Gasteiger partial charge in [-0.2, -0.15) is 0 Å². The van der Waals surface area contributed by atoms with Gasteiger partial charge in [-0.05, 0) is 30.5 Å². The van der Waals surface area contributed by atoms with Gasteiger partial charge in [0.2, 0.25) is 0 Å². The van der Waals surface area contributed by atoms with Gasteiger partial charge in [0.05, 0.1) is 24.2 Å². The number of aliphatic hydroxyl groups excluding tert-OH is 3. The van der Waals surface area contributed by atoms with Crippen molar-refractivity contribution in [1.29, 1.82) is 0 Å². The van der Waals surface area contributed by atoms with Gasteiger partial charge in [-0.1, -0.05) is 35.4 Å². The Morgan fingerprint density at radius 1 is 1.25 bits per heavy atom. The topological polar surface area (TPSA) is 101 Å². The first kappa shape index (κ1) is 19.3. The molecule has 0 saturated heterocycles. The van der Waals surface area contributed by atoms with Crippen molar-refractivity contribution in [3.63, 3.8) is 0 Å². The SMILES string of the molecule is Cc1ccc2c(c1)CCOC2CC(O)C(O)C(O)n1ccc2c(Cl)ncnc21. The maximum absolute atomic E-state index is 10.6. The molecule has 8 heteroatoms. The average molecular weight is 404 g/mol. The quantitative estimate of drug-likeness (QED) is 0.565. The van der Waals surface area contributed by atoms with Gasteiger partial charge >= 0.3 is 0 Å². The predicted octanol–water partition coefficient (Wildman–Crippen LogP) is 2.31. The number of nitrogens with zero attached hydrogens (tertiary/aromatic N) is 3. The van der Waals surface area contributed by atoms with Crippen molar-refractivity contribution in [2.24, 2.45) is 0 Å². The molecular weight excluding hydrogens is 382 g/mol. The van der Waals surface area contributed by atoms with E-state index >= 15 is 0 Å². The van der Waals surface area contributed by atoms with E-state index < -0.39 is 18.4 Å². The van der Waals surface area contributed by atoms with Gasteiger partial charge < -0.3 is 24.6 Å². The van der Waals surface area contributed by atoms with Crippen LogP contribution < -0.4 is 0 Å². The van der Waals surface area contributed by atoms with Gasteiger partial charge in [0.15, 0.2) is 6.23 Å². The third-order valence-corrected chi connectivity index (χ3v) is 5.54. The molecule has 0 spiro atoms. The van der Waals surface area contributed by atoms with E-state index in [0.29, 0.717) is 17.6 Å². The molecule has 1 aliphatic rings. The minimum Gasteiger partial charge on any atom is -0.390 e. The van der Waals surface area contributed by atoms with E-state index in [0.717, 1.165) is 12.0 Å². The van der Waals surface area contributed by atoms with E-state index in [1.807, 2.05) is 19.1 Å². The first-order valence-corrected chi connectivity index (χ1v) is 9.55. The predicted molar refractivity (Wildman–Crippen MR) is 104 cm³/mol. The fraction of sp³-hybridized carbons (Fsp3) is 0.400. The van der Waals surface area contributed by atoms with Crippen molar-refractivity contribution in [2.75, 3.05) is 6.61 Å². The Morgan fingerprint density at radius 3 is 2.89 bits per heavy atom. The fourth-order valence-electron chi connectivity index (χ4n) is 3.74. The van der Waals surface area contributed by atoms with Crippen molar-refractivity contribution >= 4 is 22.6 Å². The van der Waals surface area contributed by atoms with Crippen LogP contribution in [-0.2, 0) is 11.2 Å². The monoisotopic (exact) mass is 403 g/mol. The van der Waals surface area contributed by atoms with E-state index in [1.165, 1.54) is 22.0 Å². The summed E-state index contributed by atoms with van der Waals surface area (Å²) in [7, 11) is 0. The first-order valence-electron chi connectivity index (χ1n) is 9.18. The summed E-state index contributed by atoms with van der Waals surface area (Å²) in [5, 5.41) is 32.6. The Labute approximate surface area is 167 Å². The summed E-state index contributed by atoms with van der Waals surface area (Å²) < 4.78 is 7.19. The second-order valence-electron chi connectivity index (χ2n) is 7.14. The highest BCUT2D eigenvalue weighted by Gasteiger charge is 2.32. The summed E-state index contributed by atoms with van der Waals surface area (Å²) in [6.45, 7) is 2.60. The van der Waals surface area contributed by atoms with Crippen LogP contribution in [0.4, 0.5) is 0 Å². The van der Waals surface area contributed by atoms with E-state index in [4.69, 9.17) is 16.3 Å². The van der Waals surface area contributed by atoms with Crippen molar-refractivity contribution < 1.29 is 20.1 Å². The van der Waals surface area contributed by atoms with Crippen molar-refractivity contribution in [1.82, 2.24) is 14.5 Å². The Kier molecular flexibility index (Phi) is 5.35. The summed E-state index contributed by atoms with van der Waals surface area (Å²) >= 11 is 6.03. The molecular formula is C20H22ClN3O4. The van der Waals surface area contributed by atoms with E-state index in [1.54, 1.807) is 12.3 Å².